The third kappa shape index (κ3) is 4.37. The molecule has 5 aromatic heterocycles. The van der Waals surface area contributed by atoms with Gasteiger partial charge in [0.2, 0.25) is 0 Å². The molecule has 0 saturated carbocycles. The first-order chi connectivity index (χ1) is 17.7. The summed E-state index contributed by atoms with van der Waals surface area (Å²) < 4.78 is 9.06. The number of nitrogens with zero attached hydrogens (tertiary/aromatic N) is 6. The summed E-state index contributed by atoms with van der Waals surface area (Å²) in [6, 6.07) is 18.8. The van der Waals surface area contributed by atoms with Gasteiger partial charge in [-0.05, 0) is 54.1 Å². The molecule has 0 spiro atoms. The van der Waals surface area contributed by atoms with E-state index < -0.39 is 0 Å². The van der Waals surface area contributed by atoms with Crippen LogP contribution in [-0.4, -0.2) is 35.4 Å². The maximum absolute atomic E-state index is 13.5. The maximum Gasteiger partial charge on any atom is 0.256 e. The molecule has 0 aliphatic carbocycles. The summed E-state index contributed by atoms with van der Waals surface area (Å²) in [5, 5.41) is 12.4. The van der Waals surface area contributed by atoms with E-state index in [4.69, 9.17) is 9.40 Å². The van der Waals surface area contributed by atoms with Crippen LogP contribution in [0.25, 0.3) is 22.3 Å². The Labute approximate surface area is 206 Å². The highest BCUT2D eigenvalue weighted by molar-refractivity contribution is 6.12. The second-order valence-electron chi connectivity index (χ2n) is 8.27. The second-order valence-corrected chi connectivity index (χ2v) is 8.27. The Morgan fingerprint density at radius 3 is 2.72 bits per heavy atom. The lowest BCUT2D eigenvalue weighted by molar-refractivity contribution is 0.102. The number of fused-ring (bicyclic) bond motifs is 1. The van der Waals surface area contributed by atoms with Crippen LogP contribution in [0.4, 0.5) is 5.69 Å². The average molecular weight is 476 g/mol. The maximum atomic E-state index is 13.5. The van der Waals surface area contributed by atoms with Crippen molar-refractivity contribution < 1.29 is 9.21 Å². The summed E-state index contributed by atoms with van der Waals surface area (Å²) >= 11 is 0. The number of pyridine rings is 2. The zero-order valence-electron chi connectivity index (χ0n) is 19.2. The molecule has 0 radical (unpaired) electrons. The highest BCUT2D eigenvalue weighted by Crippen LogP contribution is 2.26. The van der Waals surface area contributed by atoms with Gasteiger partial charge >= 0.3 is 0 Å². The molecule has 0 aliphatic rings. The van der Waals surface area contributed by atoms with Crippen LogP contribution < -0.4 is 5.32 Å². The highest BCUT2D eigenvalue weighted by atomic mass is 16.3. The molecule has 1 aromatic carbocycles. The molecule has 176 valence electrons. The monoisotopic (exact) mass is 475 g/mol. The van der Waals surface area contributed by atoms with E-state index in [-0.39, 0.29) is 5.91 Å². The molecule has 1 amide bonds. The zero-order valence-corrected chi connectivity index (χ0v) is 19.2. The minimum absolute atomic E-state index is 0.249. The summed E-state index contributed by atoms with van der Waals surface area (Å²) in [5.74, 6) is 0.495. The number of anilines is 1. The van der Waals surface area contributed by atoms with Crippen LogP contribution in [0.5, 0.6) is 0 Å². The highest BCUT2D eigenvalue weighted by Gasteiger charge is 2.18. The predicted octanol–water partition coefficient (Wildman–Crippen LogP) is 4.63. The van der Waals surface area contributed by atoms with Crippen LogP contribution in [0.2, 0.25) is 0 Å². The van der Waals surface area contributed by atoms with Crippen molar-refractivity contribution in [1.29, 1.82) is 0 Å². The van der Waals surface area contributed by atoms with E-state index in [1.165, 1.54) is 0 Å². The minimum atomic E-state index is -0.249. The van der Waals surface area contributed by atoms with E-state index in [1.54, 1.807) is 41.8 Å². The Hall–Kier alpha value is -5.05. The molecule has 0 unspecified atom stereocenters. The third-order valence-corrected chi connectivity index (χ3v) is 5.79. The number of benzene rings is 1. The molecule has 0 bridgehead atoms. The number of nitrogens with one attached hydrogen (secondary N) is 1. The Morgan fingerprint density at radius 1 is 0.944 bits per heavy atom. The van der Waals surface area contributed by atoms with Crippen molar-refractivity contribution in [1.82, 2.24) is 29.5 Å². The summed E-state index contributed by atoms with van der Waals surface area (Å²) in [6.45, 7) is 1.01. The standard InChI is InChI=1S/C27H21N7O2/c35-27(31-21-7-1-5-19(13-21)17-33-11-4-10-29-33)23-14-25(20-6-2-9-28-15-20)32-26-24(23)16-30-34(26)18-22-8-3-12-36-22/h1-16H,17-18H2,(H,31,35). The molecule has 0 atom stereocenters. The van der Waals surface area contributed by atoms with Gasteiger partial charge in [-0.3, -0.25) is 14.5 Å². The average Bonchev–Trinajstić information content (AvgIpc) is 3.68. The van der Waals surface area contributed by atoms with Crippen LogP contribution in [0, 0.1) is 0 Å². The van der Waals surface area contributed by atoms with E-state index >= 15 is 0 Å². The normalized spacial score (nSPS) is 11.1. The molecule has 9 heteroatoms. The van der Waals surface area contributed by atoms with Crippen molar-refractivity contribution in [2.24, 2.45) is 0 Å². The lowest BCUT2D eigenvalue weighted by Crippen LogP contribution is -2.13. The van der Waals surface area contributed by atoms with E-state index in [0.29, 0.717) is 41.1 Å². The number of amides is 1. The molecule has 1 N–H and O–H groups in total. The van der Waals surface area contributed by atoms with Gasteiger partial charge in [-0.25, -0.2) is 9.67 Å². The first-order valence-electron chi connectivity index (χ1n) is 11.4. The number of rotatable bonds is 7. The third-order valence-electron chi connectivity index (χ3n) is 5.79. The number of furan rings is 1. The molecule has 0 fully saturated rings. The second kappa shape index (κ2) is 9.30. The van der Waals surface area contributed by atoms with E-state index in [0.717, 1.165) is 16.9 Å². The summed E-state index contributed by atoms with van der Waals surface area (Å²) in [6.07, 6.45) is 10.4. The number of carbonyl (C=O) groups is 1. The number of aromatic nitrogens is 6. The summed E-state index contributed by atoms with van der Waals surface area (Å²) in [5.41, 5.74) is 4.22. The van der Waals surface area contributed by atoms with Gasteiger partial charge in [0.05, 0.1) is 35.6 Å². The predicted molar refractivity (Wildman–Crippen MR) is 134 cm³/mol. The van der Waals surface area contributed by atoms with Gasteiger partial charge in [0.15, 0.2) is 5.65 Å². The minimum Gasteiger partial charge on any atom is -0.467 e. The molecule has 6 rings (SSSR count). The Morgan fingerprint density at radius 2 is 1.92 bits per heavy atom. The molecule has 5 heterocycles. The number of hydrogen-bond acceptors (Lipinski definition) is 6. The van der Waals surface area contributed by atoms with Crippen molar-refractivity contribution in [2.75, 3.05) is 5.32 Å². The quantitative estimate of drug-likeness (QED) is 0.361. The van der Waals surface area contributed by atoms with Gasteiger partial charge in [-0.15, -0.1) is 0 Å². The molecule has 6 aromatic rings. The summed E-state index contributed by atoms with van der Waals surface area (Å²) in [7, 11) is 0. The van der Waals surface area contributed by atoms with Crippen LogP contribution in [0.15, 0.2) is 102 Å². The molecular formula is C27H21N7O2. The van der Waals surface area contributed by atoms with Crippen LogP contribution >= 0.6 is 0 Å². The van der Waals surface area contributed by atoms with Gasteiger partial charge in [-0.2, -0.15) is 10.2 Å². The smallest absolute Gasteiger partial charge is 0.256 e. The van der Waals surface area contributed by atoms with Gasteiger partial charge in [0.25, 0.3) is 5.91 Å². The largest absolute Gasteiger partial charge is 0.467 e. The lowest BCUT2D eigenvalue weighted by atomic mass is 10.1. The summed E-state index contributed by atoms with van der Waals surface area (Å²) in [4.78, 5) is 22.6. The van der Waals surface area contributed by atoms with Crippen molar-refractivity contribution in [3.63, 3.8) is 0 Å². The Balaban J connectivity index is 1.37. The SMILES string of the molecule is O=C(Nc1cccc(Cn2cccn2)c1)c1cc(-c2cccnc2)nc2c1cnn2Cc1ccco1. The fourth-order valence-electron chi connectivity index (χ4n) is 4.09. The molecule has 36 heavy (non-hydrogen) atoms. The fraction of sp³-hybridized carbons (Fsp3) is 0.0741. The van der Waals surface area contributed by atoms with E-state index in [1.807, 2.05) is 65.5 Å². The lowest BCUT2D eigenvalue weighted by Gasteiger charge is -2.11. The molecular weight excluding hydrogens is 454 g/mol. The van der Waals surface area contributed by atoms with E-state index in [2.05, 4.69) is 20.5 Å². The Bertz CT molecular complexity index is 1620. The van der Waals surface area contributed by atoms with Gasteiger partial charge in [0, 0.05) is 36.0 Å². The molecule has 9 nitrogen and oxygen atoms in total. The van der Waals surface area contributed by atoms with Crippen LogP contribution in [-0.2, 0) is 13.1 Å². The van der Waals surface area contributed by atoms with Crippen LogP contribution in [0.3, 0.4) is 0 Å². The topological polar surface area (TPSA) is 104 Å². The molecule has 0 aliphatic heterocycles. The number of hydrogen-bond donors (Lipinski definition) is 1. The van der Waals surface area contributed by atoms with Crippen molar-refractivity contribution >= 4 is 22.6 Å². The Kier molecular flexibility index (Phi) is 5.55. The zero-order chi connectivity index (χ0) is 24.3. The molecule has 0 saturated heterocycles. The fourth-order valence-corrected chi connectivity index (χ4v) is 4.09. The van der Waals surface area contributed by atoms with Gasteiger partial charge < -0.3 is 9.73 Å². The van der Waals surface area contributed by atoms with Crippen molar-refractivity contribution in [2.45, 2.75) is 13.1 Å². The van der Waals surface area contributed by atoms with E-state index in [9.17, 15) is 4.79 Å². The van der Waals surface area contributed by atoms with Crippen LogP contribution in [0.1, 0.15) is 21.7 Å². The van der Waals surface area contributed by atoms with Gasteiger partial charge in [0.1, 0.15) is 12.3 Å². The van der Waals surface area contributed by atoms with Gasteiger partial charge in [-0.1, -0.05) is 12.1 Å². The van der Waals surface area contributed by atoms with Crippen molar-refractivity contribution in [3.8, 4) is 11.3 Å². The first kappa shape index (κ1) is 21.5. The number of carbonyl (C=O) groups excluding carboxylic acids is 1. The first-order valence-corrected chi connectivity index (χ1v) is 11.4. The van der Waals surface area contributed by atoms with Crippen molar-refractivity contribution in [3.05, 3.63) is 115 Å².